The third-order valence-electron chi connectivity index (χ3n) is 12.4. The Morgan fingerprint density at radius 2 is 0.868 bits per heavy atom. The van der Waals surface area contributed by atoms with E-state index in [1.165, 1.54) is 135 Å². The van der Waals surface area contributed by atoms with Gasteiger partial charge in [-0.3, -0.25) is 9.59 Å². The van der Waals surface area contributed by atoms with Crippen molar-refractivity contribution in [3.63, 3.8) is 0 Å². The molecule has 4 N–H and O–H groups in total. The van der Waals surface area contributed by atoms with Crippen molar-refractivity contribution in [1.82, 2.24) is 0 Å². The van der Waals surface area contributed by atoms with Gasteiger partial charge in [0.05, 0.1) is 13.2 Å². The van der Waals surface area contributed by atoms with E-state index in [0.29, 0.717) is 6.42 Å². The van der Waals surface area contributed by atoms with Crippen molar-refractivity contribution in [2.45, 2.75) is 263 Å². The van der Waals surface area contributed by atoms with E-state index in [9.17, 15) is 30.0 Å². The predicted molar refractivity (Wildman–Crippen MR) is 279 cm³/mol. The molecule has 0 aromatic rings. The van der Waals surface area contributed by atoms with Crippen molar-refractivity contribution in [3.05, 3.63) is 72.9 Å². The number of hydrogen-bond acceptors (Lipinski definition) is 10. The molecular formula is C58H100O10. The van der Waals surface area contributed by atoms with Crippen LogP contribution in [0.3, 0.4) is 0 Å². The van der Waals surface area contributed by atoms with Crippen LogP contribution in [-0.4, -0.2) is 89.0 Å². The lowest BCUT2D eigenvalue weighted by Crippen LogP contribution is -2.59. The highest BCUT2D eigenvalue weighted by Gasteiger charge is 2.44. The summed E-state index contributed by atoms with van der Waals surface area (Å²) in [6.07, 6.45) is 55.1. The Morgan fingerprint density at radius 3 is 1.28 bits per heavy atom. The Labute approximate surface area is 414 Å². The Morgan fingerprint density at radius 1 is 0.471 bits per heavy atom. The van der Waals surface area contributed by atoms with Crippen molar-refractivity contribution in [3.8, 4) is 0 Å². The van der Waals surface area contributed by atoms with Crippen molar-refractivity contribution in [2.75, 3.05) is 19.8 Å². The molecule has 1 saturated heterocycles. The summed E-state index contributed by atoms with van der Waals surface area (Å²) < 4.78 is 22.2. The minimum absolute atomic E-state index is 0.103. The van der Waals surface area contributed by atoms with Gasteiger partial charge in [0.25, 0.3) is 0 Å². The first kappa shape index (κ1) is 63.2. The first-order valence-electron chi connectivity index (χ1n) is 27.5. The van der Waals surface area contributed by atoms with Crippen LogP contribution >= 0.6 is 0 Å². The SMILES string of the molecule is CC/C=C\C/C=C\C/C=C\C/C=C\C/C=C\C/C=C\CCC(=O)OC(COC(=O)CCCCCCCCCCCCCCCCCCCCCCCCCC)COC1OC(CO)C(O)C(O)C1O. The van der Waals surface area contributed by atoms with Crippen molar-refractivity contribution >= 4 is 11.9 Å². The standard InChI is InChI=1S/C58H100O10/c1-3-5-7-9-11-13-15-17-19-21-23-24-25-26-27-29-30-32-34-36-38-40-42-44-46-53(60)65-49-51(50-66-58-57(64)56(63)55(62)52(48-59)68-58)67-54(61)47-45-43-41-39-37-35-33-31-28-22-20-18-16-14-12-10-8-6-4-2/h6,8,12,14,18,20,28,31,35,37,41,43,51-52,55-59,62-64H,3-5,7,9-11,13,15-17,19,21-27,29-30,32-34,36,38-40,42,44-50H2,1-2H3/b8-6-,14-12-,20-18-,31-28-,37-35-,43-41-. The number of allylic oxidation sites excluding steroid dienone is 12. The van der Waals surface area contributed by atoms with E-state index < -0.39 is 55.4 Å². The molecule has 1 aliphatic heterocycles. The Kier molecular flexibility index (Phi) is 44.4. The Hall–Kier alpha value is -2.86. The van der Waals surface area contributed by atoms with Crippen LogP contribution in [0.2, 0.25) is 0 Å². The van der Waals surface area contributed by atoms with Gasteiger partial charge in [-0.1, -0.05) is 234 Å². The molecule has 6 atom stereocenters. The zero-order valence-electron chi connectivity index (χ0n) is 43.1. The fourth-order valence-electron chi connectivity index (χ4n) is 8.10. The number of aliphatic hydroxyl groups is 4. The van der Waals surface area contributed by atoms with Crippen molar-refractivity contribution in [2.24, 2.45) is 0 Å². The van der Waals surface area contributed by atoms with Crippen LogP contribution in [0, 0.1) is 0 Å². The number of carbonyl (C=O) groups excluding carboxylic acids is 2. The van der Waals surface area contributed by atoms with Crippen LogP contribution < -0.4 is 0 Å². The lowest BCUT2D eigenvalue weighted by atomic mass is 9.99. The van der Waals surface area contributed by atoms with Gasteiger partial charge in [-0.05, 0) is 51.4 Å². The summed E-state index contributed by atoms with van der Waals surface area (Å²) in [6, 6.07) is 0. The fourth-order valence-corrected chi connectivity index (χ4v) is 8.10. The molecule has 0 aromatic heterocycles. The van der Waals surface area contributed by atoms with Crippen LogP contribution in [0.25, 0.3) is 0 Å². The third kappa shape index (κ3) is 38.0. The predicted octanol–water partition coefficient (Wildman–Crippen LogP) is 13.5. The molecule has 10 heteroatoms. The summed E-state index contributed by atoms with van der Waals surface area (Å²) in [5.74, 6) is -0.899. The van der Waals surface area contributed by atoms with Gasteiger partial charge in [-0.25, -0.2) is 0 Å². The molecule has 10 nitrogen and oxygen atoms in total. The molecule has 0 aromatic carbocycles. The highest BCUT2D eigenvalue weighted by atomic mass is 16.7. The molecule has 68 heavy (non-hydrogen) atoms. The van der Waals surface area contributed by atoms with E-state index in [2.05, 4.69) is 74.6 Å². The average Bonchev–Trinajstić information content (AvgIpc) is 3.34. The number of esters is 2. The monoisotopic (exact) mass is 957 g/mol. The lowest BCUT2D eigenvalue weighted by molar-refractivity contribution is -0.305. The van der Waals surface area contributed by atoms with E-state index in [-0.39, 0.29) is 26.1 Å². The molecule has 1 heterocycles. The molecule has 0 radical (unpaired) electrons. The van der Waals surface area contributed by atoms with Gasteiger partial charge in [0, 0.05) is 12.8 Å². The summed E-state index contributed by atoms with van der Waals surface area (Å²) in [4.78, 5) is 25.5. The molecule has 1 rings (SSSR count). The number of rotatable bonds is 46. The fraction of sp³-hybridized carbons (Fsp3) is 0.759. The van der Waals surface area contributed by atoms with Gasteiger partial charge < -0.3 is 39.4 Å². The molecule has 1 fully saturated rings. The van der Waals surface area contributed by atoms with E-state index in [1.807, 2.05) is 12.2 Å². The minimum Gasteiger partial charge on any atom is -0.462 e. The summed E-state index contributed by atoms with van der Waals surface area (Å²) >= 11 is 0. The summed E-state index contributed by atoms with van der Waals surface area (Å²) in [6.45, 7) is 3.27. The summed E-state index contributed by atoms with van der Waals surface area (Å²) in [7, 11) is 0. The molecule has 0 aliphatic carbocycles. The second-order valence-electron chi connectivity index (χ2n) is 18.7. The van der Waals surface area contributed by atoms with Crippen molar-refractivity contribution in [1.29, 1.82) is 0 Å². The zero-order valence-corrected chi connectivity index (χ0v) is 43.1. The van der Waals surface area contributed by atoms with Crippen LogP contribution in [0.15, 0.2) is 72.9 Å². The summed E-state index contributed by atoms with van der Waals surface area (Å²) in [5, 5.41) is 40.2. The zero-order chi connectivity index (χ0) is 49.4. The lowest BCUT2D eigenvalue weighted by Gasteiger charge is -2.39. The van der Waals surface area contributed by atoms with Gasteiger partial charge in [-0.2, -0.15) is 0 Å². The molecule has 1 aliphatic rings. The van der Waals surface area contributed by atoms with Crippen molar-refractivity contribution < 1.29 is 49.0 Å². The quantitative estimate of drug-likeness (QED) is 0.0264. The minimum atomic E-state index is -1.61. The second-order valence-corrected chi connectivity index (χ2v) is 18.7. The highest BCUT2D eigenvalue weighted by Crippen LogP contribution is 2.23. The van der Waals surface area contributed by atoms with Crippen LogP contribution in [0.1, 0.15) is 226 Å². The largest absolute Gasteiger partial charge is 0.462 e. The van der Waals surface area contributed by atoms with Gasteiger partial charge in [-0.15, -0.1) is 0 Å². The third-order valence-corrected chi connectivity index (χ3v) is 12.4. The van der Waals surface area contributed by atoms with E-state index in [1.54, 1.807) is 0 Å². The van der Waals surface area contributed by atoms with E-state index >= 15 is 0 Å². The maximum absolute atomic E-state index is 12.8. The Balaban J connectivity index is 2.25. The first-order chi connectivity index (χ1) is 33.3. The number of hydrogen-bond donors (Lipinski definition) is 4. The van der Waals surface area contributed by atoms with Gasteiger partial charge in [0.2, 0.25) is 0 Å². The topological polar surface area (TPSA) is 152 Å². The van der Waals surface area contributed by atoms with E-state index in [0.717, 1.165) is 57.8 Å². The molecular weight excluding hydrogens is 857 g/mol. The number of carbonyl (C=O) groups is 2. The molecule has 0 saturated carbocycles. The smallest absolute Gasteiger partial charge is 0.306 e. The molecule has 6 unspecified atom stereocenters. The van der Waals surface area contributed by atoms with Gasteiger partial charge >= 0.3 is 11.9 Å². The number of ether oxygens (including phenoxy) is 4. The van der Waals surface area contributed by atoms with Gasteiger partial charge in [0.1, 0.15) is 31.0 Å². The van der Waals surface area contributed by atoms with Crippen LogP contribution in [0.4, 0.5) is 0 Å². The average molecular weight is 957 g/mol. The van der Waals surface area contributed by atoms with Gasteiger partial charge in [0.15, 0.2) is 12.4 Å². The first-order valence-corrected chi connectivity index (χ1v) is 27.5. The van der Waals surface area contributed by atoms with Crippen LogP contribution in [-0.2, 0) is 28.5 Å². The van der Waals surface area contributed by atoms with Crippen LogP contribution in [0.5, 0.6) is 0 Å². The maximum Gasteiger partial charge on any atom is 0.306 e. The second kappa shape index (κ2) is 47.8. The molecule has 392 valence electrons. The maximum atomic E-state index is 12.8. The summed E-state index contributed by atoms with van der Waals surface area (Å²) in [5.41, 5.74) is 0. The van der Waals surface area contributed by atoms with E-state index in [4.69, 9.17) is 18.9 Å². The number of unbranched alkanes of at least 4 members (excludes halogenated alkanes) is 23. The number of aliphatic hydroxyl groups excluding tert-OH is 4. The molecule has 0 spiro atoms. The highest BCUT2D eigenvalue weighted by molar-refractivity contribution is 5.70. The normalized spacial score (nSPS) is 19.5. The Bertz CT molecular complexity index is 1340. The molecule has 0 bridgehead atoms. The molecule has 0 amide bonds.